The largest absolute Gasteiger partial charge is 0.479 e. The zero-order chi connectivity index (χ0) is 23.7. The molecule has 4 atom stereocenters. The van der Waals surface area contributed by atoms with Crippen molar-refractivity contribution in [2.24, 2.45) is 5.92 Å². The van der Waals surface area contributed by atoms with Gasteiger partial charge in [-0.25, -0.2) is 9.59 Å². The van der Waals surface area contributed by atoms with Crippen LogP contribution in [0, 0.1) is 5.92 Å². The lowest BCUT2D eigenvalue weighted by atomic mass is 9.98. The number of ether oxygens (including phenoxy) is 3. The van der Waals surface area contributed by atoms with Crippen molar-refractivity contribution in [1.82, 2.24) is 10.6 Å². The molecule has 2 aromatic carbocycles. The summed E-state index contributed by atoms with van der Waals surface area (Å²) in [7, 11) is 0. The quantitative estimate of drug-likeness (QED) is 0.594. The van der Waals surface area contributed by atoms with Crippen molar-refractivity contribution in [3.8, 4) is 11.1 Å². The van der Waals surface area contributed by atoms with E-state index in [1.165, 1.54) is 0 Å². The Morgan fingerprint density at radius 1 is 0.941 bits per heavy atom. The van der Waals surface area contributed by atoms with Crippen LogP contribution in [0.25, 0.3) is 11.1 Å². The van der Waals surface area contributed by atoms with Crippen LogP contribution in [0.1, 0.15) is 23.5 Å². The van der Waals surface area contributed by atoms with Gasteiger partial charge in [-0.2, -0.15) is 0 Å². The Kier molecular flexibility index (Phi) is 6.21. The molecule has 0 spiro atoms. The number of rotatable bonds is 6. The van der Waals surface area contributed by atoms with E-state index in [1.807, 2.05) is 36.4 Å². The molecule has 9 nitrogen and oxygen atoms in total. The first-order valence-electron chi connectivity index (χ1n) is 11.4. The molecule has 0 saturated carbocycles. The summed E-state index contributed by atoms with van der Waals surface area (Å²) in [6, 6.07) is 15.0. The van der Waals surface area contributed by atoms with E-state index >= 15 is 0 Å². The van der Waals surface area contributed by atoms with Crippen molar-refractivity contribution in [2.75, 3.05) is 26.4 Å². The van der Waals surface area contributed by atoms with Crippen LogP contribution in [0.2, 0.25) is 0 Å². The van der Waals surface area contributed by atoms with Gasteiger partial charge in [0.05, 0.1) is 31.2 Å². The van der Waals surface area contributed by atoms with E-state index in [0.29, 0.717) is 6.42 Å². The molecule has 4 unspecified atom stereocenters. The highest BCUT2D eigenvalue weighted by atomic mass is 16.6. The van der Waals surface area contributed by atoms with E-state index in [4.69, 9.17) is 14.2 Å². The average Bonchev–Trinajstić information content (AvgIpc) is 3.55. The molecule has 2 fully saturated rings. The highest BCUT2D eigenvalue weighted by Crippen LogP contribution is 2.44. The van der Waals surface area contributed by atoms with E-state index in [9.17, 15) is 19.5 Å². The van der Waals surface area contributed by atoms with E-state index < -0.39 is 36.2 Å². The number of benzene rings is 2. The van der Waals surface area contributed by atoms with Crippen LogP contribution in [0.4, 0.5) is 4.79 Å². The zero-order valence-corrected chi connectivity index (χ0v) is 18.4. The fourth-order valence-electron chi connectivity index (χ4n) is 5.02. The first-order valence-corrected chi connectivity index (χ1v) is 11.4. The molecule has 34 heavy (non-hydrogen) atoms. The minimum absolute atomic E-state index is 0.0626. The van der Waals surface area contributed by atoms with Gasteiger partial charge < -0.3 is 30.0 Å². The normalized spacial score (nSPS) is 25.4. The lowest BCUT2D eigenvalue weighted by Gasteiger charge is -2.22. The maximum Gasteiger partial charge on any atom is 0.407 e. The molecule has 9 heteroatoms. The highest BCUT2D eigenvalue weighted by molar-refractivity contribution is 5.83. The second-order valence-electron chi connectivity index (χ2n) is 8.75. The Morgan fingerprint density at radius 3 is 2.29 bits per heavy atom. The topological polar surface area (TPSA) is 123 Å². The summed E-state index contributed by atoms with van der Waals surface area (Å²) in [5.41, 5.74) is 4.52. The summed E-state index contributed by atoms with van der Waals surface area (Å²) in [4.78, 5) is 36.7. The van der Waals surface area contributed by atoms with Crippen molar-refractivity contribution >= 4 is 18.0 Å². The second-order valence-corrected chi connectivity index (χ2v) is 8.75. The summed E-state index contributed by atoms with van der Waals surface area (Å²) >= 11 is 0. The summed E-state index contributed by atoms with van der Waals surface area (Å²) in [6.07, 6.45) is -1.27. The molecule has 2 aromatic rings. The van der Waals surface area contributed by atoms with Crippen LogP contribution in [-0.2, 0) is 23.8 Å². The number of carbonyl (C=O) groups excluding carboxylic acids is 2. The summed E-state index contributed by atoms with van der Waals surface area (Å²) < 4.78 is 16.2. The molecule has 3 aliphatic rings. The summed E-state index contributed by atoms with van der Waals surface area (Å²) in [6.45, 7) is 0.742. The molecule has 178 valence electrons. The van der Waals surface area contributed by atoms with Gasteiger partial charge in [0.1, 0.15) is 6.61 Å². The van der Waals surface area contributed by atoms with E-state index in [1.54, 1.807) is 0 Å². The van der Waals surface area contributed by atoms with Gasteiger partial charge in [0.25, 0.3) is 0 Å². The van der Waals surface area contributed by atoms with Gasteiger partial charge in [-0.3, -0.25) is 4.79 Å². The number of carboxylic acids is 1. The molecule has 0 radical (unpaired) electrons. The molecule has 5 rings (SSSR count). The predicted octanol–water partition coefficient (Wildman–Crippen LogP) is 1.90. The summed E-state index contributed by atoms with van der Waals surface area (Å²) in [5.74, 6) is -2.19. The molecular weight excluding hydrogens is 440 g/mol. The van der Waals surface area contributed by atoms with Crippen molar-refractivity contribution in [2.45, 2.75) is 30.5 Å². The number of carboxylic acid groups (broad SMARTS) is 1. The van der Waals surface area contributed by atoms with Crippen molar-refractivity contribution in [1.29, 1.82) is 0 Å². The number of fused-ring (bicyclic) bond motifs is 3. The van der Waals surface area contributed by atoms with Gasteiger partial charge >= 0.3 is 12.1 Å². The van der Waals surface area contributed by atoms with Crippen molar-refractivity contribution < 1.29 is 33.7 Å². The lowest BCUT2D eigenvalue weighted by molar-refractivity contribution is -0.148. The Labute approximate surface area is 196 Å². The third-order valence-electron chi connectivity index (χ3n) is 6.73. The highest BCUT2D eigenvalue weighted by Gasteiger charge is 2.40. The standard InChI is InChI=1S/C25H26N2O7/c28-23(26-20-9-10-33-22(20)24(29)30)19-11-32-13-21(19)27-25(31)34-12-18-16-7-3-1-5-14(16)15-6-2-4-8-17(15)18/h1-8,18-22H,9-13H2,(H,26,28)(H,27,31)(H,29,30). The van der Waals surface area contributed by atoms with E-state index in [-0.39, 0.29) is 38.3 Å². The number of amides is 2. The maximum absolute atomic E-state index is 12.8. The van der Waals surface area contributed by atoms with E-state index in [2.05, 4.69) is 22.8 Å². The number of hydrogen-bond acceptors (Lipinski definition) is 6. The first-order chi connectivity index (χ1) is 16.5. The Bertz CT molecular complexity index is 1060. The van der Waals surface area contributed by atoms with Crippen LogP contribution in [0.3, 0.4) is 0 Å². The summed E-state index contributed by atoms with van der Waals surface area (Å²) in [5, 5.41) is 14.7. The number of hydrogen-bond donors (Lipinski definition) is 3. The minimum Gasteiger partial charge on any atom is -0.479 e. The number of aliphatic carboxylic acids is 1. The molecule has 0 aromatic heterocycles. The van der Waals surface area contributed by atoms with Crippen molar-refractivity contribution in [3.05, 3.63) is 59.7 Å². The van der Waals surface area contributed by atoms with Crippen LogP contribution in [0.15, 0.2) is 48.5 Å². The molecule has 0 bridgehead atoms. The molecular formula is C25H26N2O7. The lowest BCUT2D eigenvalue weighted by Crippen LogP contribution is -2.51. The second kappa shape index (κ2) is 9.44. The zero-order valence-electron chi connectivity index (χ0n) is 18.4. The average molecular weight is 466 g/mol. The van der Waals surface area contributed by atoms with Crippen LogP contribution in [0.5, 0.6) is 0 Å². The number of nitrogens with one attached hydrogen (secondary N) is 2. The molecule has 2 aliphatic heterocycles. The monoisotopic (exact) mass is 466 g/mol. The Balaban J connectivity index is 1.19. The van der Waals surface area contributed by atoms with Gasteiger partial charge in [-0.05, 0) is 28.7 Å². The fraction of sp³-hybridized carbons (Fsp3) is 0.400. The first kappa shape index (κ1) is 22.4. The molecule has 2 amide bonds. The SMILES string of the molecule is O=C(NC1COCC1C(=O)NC1CCOC1C(=O)O)OCC1c2ccccc2-c2ccccc21. The van der Waals surface area contributed by atoms with Gasteiger partial charge in [-0.1, -0.05) is 48.5 Å². The van der Waals surface area contributed by atoms with Crippen LogP contribution < -0.4 is 10.6 Å². The Hall–Kier alpha value is -3.43. The van der Waals surface area contributed by atoms with Gasteiger partial charge in [0.2, 0.25) is 5.91 Å². The Morgan fingerprint density at radius 2 is 1.62 bits per heavy atom. The van der Waals surface area contributed by atoms with Gasteiger partial charge in [-0.15, -0.1) is 0 Å². The van der Waals surface area contributed by atoms with Crippen molar-refractivity contribution in [3.63, 3.8) is 0 Å². The number of carbonyl (C=O) groups is 3. The smallest absolute Gasteiger partial charge is 0.407 e. The third kappa shape index (κ3) is 4.24. The van der Waals surface area contributed by atoms with Crippen LogP contribution in [-0.4, -0.2) is 67.7 Å². The third-order valence-corrected chi connectivity index (χ3v) is 6.73. The molecule has 3 N–H and O–H groups in total. The molecule has 2 heterocycles. The van der Waals surface area contributed by atoms with Gasteiger partial charge in [0.15, 0.2) is 6.10 Å². The van der Waals surface area contributed by atoms with E-state index in [0.717, 1.165) is 22.3 Å². The molecule has 1 aliphatic carbocycles. The minimum atomic E-state index is -1.11. The molecule has 2 saturated heterocycles. The fourth-order valence-corrected chi connectivity index (χ4v) is 5.02. The van der Waals surface area contributed by atoms with Gasteiger partial charge in [0, 0.05) is 12.5 Å². The number of alkyl carbamates (subject to hydrolysis) is 1. The van der Waals surface area contributed by atoms with Crippen LogP contribution >= 0.6 is 0 Å². The predicted molar refractivity (Wildman–Crippen MR) is 120 cm³/mol. The maximum atomic E-state index is 12.8.